The molecule has 23 heavy (non-hydrogen) atoms. The summed E-state index contributed by atoms with van der Waals surface area (Å²) in [5.41, 5.74) is 17.3. The van der Waals surface area contributed by atoms with Gasteiger partial charge in [-0.25, -0.2) is 10.9 Å². The van der Waals surface area contributed by atoms with Crippen LogP contribution >= 0.6 is 24.8 Å². The van der Waals surface area contributed by atoms with E-state index in [1.807, 2.05) is 19.1 Å². The summed E-state index contributed by atoms with van der Waals surface area (Å²) < 4.78 is 5.34. The predicted molar refractivity (Wildman–Crippen MR) is 97.5 cm³/mol. The van der Waals surface area contributed by atoms with Crippen LogP contribution in [0.25, 0.3) is 0 Å². The molecule has 1 aromatic rings. The van der Waals surface area contributed by atoms with Crippen LogP contribution in [0.4, 0.5) is 0 Å². The number of ether oxygens (including phenoxy) is 1. The van der Waals surface area contributed by atoms with E-state index in [0.29, 0.717) is 16.9 Å². The van der Waals surface area contributed by atoms with Gasteiger partial charge in [-0.3, -0.25) is 10.8 Å². The third-order valence-electron chi connectivity index (χ3n) is 2.27. The van der Waals surface area contributed by atoms with E-state index in [9.17, 15) is 0 Å². The summed E-state index contributed by atoms with van der Waals surface area (Å²) in [6.45, 7) is 1.91. The third-order valence-corrected chi connectivity index (χ3v) is 2.27. The molecule has 0 aromatic heterocycles. The Morgan fingerprint density at radius 1 is 1.04 bits per heavy atom. The molecule has 1 rings (SSSR count). The minimum absolute atomic E-state index is 0. The fourth-order valence-electron chi connectivity index (χ4n) is 1.60. The zero-order valence-electron chi connectivity index (χ0n) is 12.6. The van der Waals surface area contributed by atoms with Crippen LogP contribution < -0.4 is 27.1 Å². The molecule has 0 atom stereocenters. The van der Waals surface area contributed by atoms with Gasteiger partial charge in [0.15, 0.2) is 0 Å². The summed E-state index contributed by atoms with van der Waals surface area (Å²) in [4.78, 5) is 0. The number of nitrogens with one attached hydrogen (secondary N) is 4. The molecule has 0 aliphatic heterocycles. The van der Waals surface area contributed by atoms with E-state index in [2.05, 4.69) is 21.1 Å². The molecule has 0 spiro atoms. The van der Waals surface area contributed by atoms with Crippen molar-refractivity contribution >= 4 is 49.2 Å². The van der Waals surface area contributed by atoms with Crippen LogP contribution in [0.2, 0.25) is 0 Å². The molecule has 0 heterocycles. The second kappa shape index (κ2) is 11.1. The smallest absolute Gasteiger partial charge is 0.206 e. The van der Waals surface area contributed by atoms with Crippen LogP contribution in [-0.2, 0) is 0 Å². The van der Waals surface area contributed by atoms with Crippen molar-refractivity contribution in [2.75, 3.05) is 7.11 Å². The molecule has 128 valence electrons. The van der Waals surface area contributed by atoms with Crippen molar-refractivity contribution in [1.82, 2.24) is 10.9 Å². The number of halogens is 2. The molecule has 11 heteroatoms. The number of nitrogens with two attached hydrogens (primary N) is 2. The number of hydrazone groups is 2. The number of nitrogens with zero attached hydrogens (tertiary/aromatic N) is 2. The summed E-state index contributed by atoms with van der Waals surface area (Å²) in [6.07, 6.45) is 2.98. The Kier molecular flexibility index (Phi) is 11.0. The van der Waals surface area contributed by atoms with E-state index < -0.39 is 0 Å². The minimum atomic E-state index is -0.259. The van der Waals surface area contributed by atoms with E-state index >= 15 is 0 Å². The highest BCUT2D eigenvalue weighted by Gasteiger charge is 2.08. The maximum atomic E-state index is 7.03. The lowest BCUT2D eigenvalue weighted by Crippen LogP contribution is -2.25. The van der Waals surface area contributed by atoms with Crippen LogP contribution in [0, 0.1) is 17.7 Å². The topological polar surface area (TPSA) is 158 Å². The zero-order valence-corrected chi connectivity index (χ0v) is 14.2. The highest BCUT2D eigenvalue weighted by atomic mass is 35.5. The maximum absolute atomic E-state index is 7.03. The molecular weight excluding hydrogens is 343 g/mol. The lowest BCUT2D eigenvalue weighted by atomic mass is 10.1. The Labute approximate surface area is 146 Å². The van der Waals surface area contributed by atoms with Crippen LogP contribution in [0.5, 0.6) is 5.75 Å². The molecule has 0 saturated carbocycles. The van der Waals surface area contributed by atoms with Gasteiger partial charge in [0.25, 0.3) is 0 Å². The molecule has 0 bridgehead atoms. The lowest BCUT2D eigenvalue weighted by molar-refractivity contribution is 0.413. The van der Waals surface area contributed by atoms with Gasteiger partial charge in [-0.1, -0.05) is 0 Å². The Hall–Kier alpha value is -2.52. The number of hydrogen-bond acceptors (Lipinski definition) is 5. The van der Waals surface area contributed by atoms with Crippen molar-refractivity contribution in [2.24, 2.45) is 21.7 Å². The number of benzene rings is 1. The molecule has 0 fully saturated rings. The summed E-state index contributed by atoms with van der Waals surface area (Å²) >= 11 is 0. The Bertz CT molecular complexity index is 556. The van der Waals surface area contributed by atoms with Crippen molar-refractivity contribution in [2.45, 2.75) is 6.92 Å². The largest absolute Gasteiger partial charge is 0.495 e. The fourth-order valence-corrected chi connectivity index (χ4v) is 1.60. The Morgan fingerprint density at radius 2 is 1.43 bits per heavy atom. The summed E-state index contributed by atoms with van der Waals surface area (Å²) in [7, 11) is 1.52. The second-order valence-electron chi connectivity index (χ2n) is 4.04. The van der Waals surface area contributed by atoms with E-state index in [-0.39, 0.29) is 36.7 Å². The Balaban J connectivity index is 0. The van der Waals surface area contributed by atoms with E-state index in [0.717, 1.165) is 5.56 Å². The molecule has 8 N–H and O–H groups in total. The SMILES string of the molecule is COc1c(/C=N\NC(=N)N)cc(C)cc1/C=N/NC(=N)N.Cl.Cl. The van der Waals surface area contributed by atoms with E-state index in [1.54, 1.807) is 0 Å². The zero-order chi connectivity index (χ0) is 15.8. The molecular formula is C12H20Cl2N8O. The normalized spacial score (nSPS) is 9.83. The first kappa shape index (κ1) is 22.8. The van der Waals surface area contributed by atoms with Crippen molar-refractivity contribution in [1.29, 1.82) is 10.8 Å². The van der Waals surface area contributed by atoms with Crippen molar-refractivity contribution in [3.05, 3.63) is 28.8 Å². The van der Waals surface area contributed by atoms with Gasteiger partial charge in [0.2, 0.25) is 11.9 Å². The highest BCUT2D eigenvalue weighted by molar-refractivity contribution is 5.93. The third kappa shape index (κ3) is 7.88. The average Bonchev–Trinajstić information content (AvgIpc) is 2.37. The highest BCUT2D eigenvalue weighted by Crippen LogP contribution is 2.23. The summed E-state index contributed by atoms with van der Waals surface area (Å²) in [5, 5.41) is 21.7. The summed E-state index contributed by atoms with van der Waals surface area (Å²) in [6, 6.07) is 3.72. The van der Waals surface area contributed by atoms with Gasteiger partial charge in [0, 0.05) is 11.1 Å². The van der Waals surface area contributed by atoms with Gasteiger partial charge < -0.3 is 16.2 Å². The lowest BCUT2D eigenvalue weighted by Gasteiger charge is -2.10. The number of methoxy groups -OCH3 is 1. The van der Waals surface area contributed by atoms with Crippen molar-refractivity contribution < 1.29 is 4.74 Å². The van der Waals surface area contributed by atoms with Gasteiger partial charge in [0.05, 0.1) is 19.5 Å². The van der Waals surface area contributed by atoms with Crippen LogP contribution in [0.15, 0.2) is 22.3 Å². The molecule has 9 nitrogen and oxygen atoms in total. The fraction of sp³-hybridized carbons (Fsp3) is 0.167. The quantitative estimate of drug-likeness (QED) is 0.255. The molecule has 0 aliphatic carbocycles. The van der Waals surface area contributed by atoms with E-state index in [1.165, 1.54) is 19.5 Å². The standard InChI is InChI=1S/C12H18N8O.2ClH/c1-7-3-8(5-17-19-11(13)14)10(21-2)9(4-7)6-18-20-12(15)16;;/h3-6H,1-2H3,(H4,13,14,19)(H4,15,16,20);2*1H/b17-5-,18-6+;;. The van der Waals surface area contributed by atoms with Crippen LogP contribution in [-0.4, -0.2) is 31.5 Å². The predicted octanol–water partition coefficient (Wildman–Crippen LogP) is 0.481. The van der Waals surface area contributed by atoms with E-state index in [4.69, 9.17) is 27.0 Å². The maximum Gasteiger partial charge on any atom is 0.206 e. The molecule has 0 saturated heterocycles. The van der Waals surface area contributed by atoms with Crippen molar-refractivity contribution in [3.8, 4) is 5.75 Å². The van der Waals surface area contributed by atoms with Crippen LogP contribution in [0.1, 0.15) is 16.7 Å². The minimum Gasteiger partial charge on any atom is -0.495 e. The molecule has 0 unspecified atom stereocenters. The van der Waals surface area contributed by atoms with Gasteiger partial charge >= 0.3 is 0 Å². The van der Waals surface area contributed by atoms with Gasteiger partial charge in [0.1, 0.15) is 5.75 Å². The first-order valence-corrected chi connectivity index (χ1v) is 5.89. The Morgan fingerprint density at radius 3 is 1.74 bits per heavy atom. The van der Waals surface area contributed by atoms with Gasteiger partial charge in [-0.05, 0) is 24.6 Å². The first-order valence-electron chi connectivity index (χ1n) is 5.89. The summed E-state index contributed by atoms with van der Waals surface area (Å²) in [5.74, 6) is 0.0273. The van der Waals surface area contributed by atoms with Gasteiger partial charge in [-0.2, -0.15) is 10.2 Å². The first-order chi connectivity index (χ1) is 9.93. The van der Waals surface area contributed by atoms with Gasteiger partial charge in [-0.15, -0.1) is 24.8 Å². The van der Waals surface area contributed by atoms with Crippen molar-refractivity contribution in [3.63, 3.8) is 0 Å². The average molecular weight is 363 g/mol. The number of rotatable bonds is 5. The van der Waals surface area contributed by atoms with Crippen LogP contribution in [0.3, 0.4) is 0 Å². The molecule has 1 aromatic carbocycles. The molecule has 0 radical (unpaired) electrons. The molecule has 0 amide bonds. The number of hydrogen-bond donors (Lipinski definition) is 6. The monoisotopic (exact) mass is 362 g/mol. The number of aryl methyl sites for hydroxylation is 1. The molecule has 0 aliphatic rings. The number of guanidine groups is 2. The second-order valence-corrected chi connectivity index (χ2v) is 4.04.